The maximum atomic E-state index is 12.9. The molecule has 0 spiro atoms. The second-order valence-electron chi connectivity index (χ2n) is 8.83. The second-order valence-corrected chi connectivity index (χ2v) is 8.83. The molecule has 160 valence electrons. The first kappa shape index (κ1) is 24.9. The SMILES string of the molecule is CC(C)=CCC/C(C)=C/CC1(C/C=C(\C)CCC=C(C)C)C(=O)CC(=O)C=C1O. The van der Waals surface area contributed by atoms with Crippen LogP contribution in [-0.4, -0.2) is 16.7 Å². The van der Waals surface area contributed by atoms with Crippen LogP contribution in [0.2, 0.25) is 0 Å². The molecule has 1 N–H and O–H groups in total. The van der Waals surface area contributed by atoms with Crippen LogP contribution in [0.5, 0.6) is 0 Å². The second kappa shape index (κ2) is 11.7. The van der Waals surface area contributed by atoms with Crippen molar-refractivity contribution in [3.63, 3.8) is 0 Å². The van der Waals surface area contributed by atoms with E-state index in [2.05, 4.69) is 65.8 Å². The molecule has 3 heteroatoms. The molecule has 1 rings (SSSR count). The summed E-state index contributed by atoms with van der Waals surface area (Å²) in [6.45, 7) is 12.5. The van der Waals surface area contributed by atoms with Gasteiger partial charge in [0.05, 0.1) is 11.8 Å². The standard InChI is InChI=1S/C26H38O3/c1-19(2)9-7-11-21(5)13-15-26(24(28)17-23(27)18-25(26)29)16-14-22(6)12-8-10-20(3)4/h9-10,13-14,17,28H,7-8,11-12,15-16,18H2,1-6H3/b21-13+,22-14+. The molecule has 1 aliphatic carbocycles. The molecule has 0 saturated carbocycles. The summed E-state index contributed by atoms with van der Waals surface area (Å²) < 4.78 is 0. The fourth-order valence-corrected chi connectivity index (χ4v) is 3.41. The van der Waals surface area contributed by atoms with Crippen LogP contribution in [0.25, 0.3) is 0 Å². The van der Waals surface area contributed by atoms with E-state index in [0.717, 1.165) is 25.7 Å². The lowest BCUT2D eigenvalue weighted by molar-refractivity contribution is -0.133. The number of rotatable bonds is 10. The summed E-state index contributed by atoms with van der Waals surface area (Å²) in [6.07, 6.45) is 14.3. The molecular formula is C26H38O3. The predicted molar refractivity (Wildman–Crippen MR) is 122 cm³/mol. The summed E-state index contributed by atoms with van der Waals surface area (Å²) in [4.78, 5) is 24.6. The number of carbonyl (C=O) groups excluding carboxylic acids is 2. The first-order valence-corrected chi connectivity index (χ1v) is 10.6. The summed E-state index contributed by atoms with van der Waals surface area (Å²) in [5, 5.41) is 10.6. The lowest BCUT2D eigenvalue weighted by Gasteiger charge is -2.32. The molecule has 0 aromatic heterocycles. The highest BCUT2D eigenvalue weighted by atomic mass is 16.3. The Balaban J connectivity index is 3.01. The Morgan fingerprint density at radius 3 is 1.69 bits per heavy atom. The van der Waals surface area contributed by atoms with Crippen molar-refractivity contribution in [3.05, 3.63) is 58.4 Å². The van der Waals surface area contributed by atoms with Crippen molar-refractivity contribution in [2.45, 2.75) is 86.5 Å². The van der Waals surface area contributed by atoms with Gasteiger partial charge in [-0.3, -0.25) is 9.59 Å². The van der Waals surface area contributed by atoms with E-state index in [1.165, 1.54) is 28.4 Å². The third-order valence-corrected chi connectivity index (χ3v) is 5.44. The van der Waals surface area contributed by atoms with Gasteiger partial charge in [-0.2, -0.15) is 0 Å². The van der Waals surface area contributed by atoms with Crippen molar-refractivity contribution in [2.75, 3.05) is 0 Å². The number of ketones is 2. The molecule has 0 saturated heterocycles. The molecule has 0 amide bonds. The highest BCUT2D eigenvalue weighted by Crippen LogP contribution is 2.40. The molecule has 1 aliphatic rings. The van der Waals surface area contributed by atoms with E-state index in [1.807, 2.05) is 0 Å². The zero-order chi connectivity index (χ0) is 22.0. The van der Waals surface area contributed by atoms with E-state index in [1.54, 1.807) is 0 Å². The molecule has 29 heavy (non-hydrogen) atoms. The Morgan fingerprint density at radius 2 is 1.31 bits per heavy atom. The van der Waals surface area contributed by atoms with Gasteiger partial charge in [0.2, 0.25) is 0 Å². The van der Waals surface area contributed by atoms with E-state index in [9.17, 15) is 14.7 Å². The maximum Gasteiger partial charge on any atom is 0.166 e. The largest absolute Gasteiger partial charge is 0.511 e. The van der Waals surface area contributed by atoms with E-state index in [0.29, 0.717) is 12.8 Å². The average molecular weight is 399 g/mol. The van der Waals surface area contributed by atoms with Gasteiger partial charge < -0.3 is 5.11 Å². The fourth-order valence-electron chi connectivity index (χ4n) is 3.41. The Bertz CT molecular complexity index is 709. The molecule has 0 aromatic carbocycles. The van der Waals surface area contributed by atoms with Crippen LogP contribution < -0.4 is 0 Å². The summed E-state index contributed by atoms with van der Waals surface area (Å²) in [6, 6.07) is 0. The molecule has 0 aromatic rings. The van der Waals surface area contributed by atoms with E-state index >= 15 is 0 Å². The normalized spacial score (nSPS) is 20.4. The number of hydrogen-bond donors (Lipinski definition) is 1. The highest BCUT2D eigenvalue weighted by Gasteiger charge is 2.44. The van der Waals surface area contributed by atoms with Gasteiger partial charge in [-0.1, -0.05) is 46.6 Å². The summed E-state index contributed by atoms with van der Waals surface area (Å²) in [7, 11) is 0. The Morgan fingerprint density at radius 1 is 0.862 bits per heavy atom. The van der Waals surface area contributed by atoms with Gasteiger partial charge in [0.1, 0.15) is 5.76 Å². The van der Waals surface area contributed by atoms with Crippen molar-refractivity contribution in [2.24, 2.45) is 5.41 Å². The van der Waals surface area contributed by atoms with E-state index < -0.39 is 5.41 Å². The number of aliphatic hydroxyl groups is 1. The van der Waals surface area contributed by atoms with Crippen LogP contribution in [0.1, 0.15) is 86.5 Å². The zero-order valence-corrected chi connectivity index (χ0v) is 19.1. The van der Waals surface area contributed by atoms with E-state index in [-0.39, 0.29) is 23.7 Å². The molecule has 0 atom stereocenters. The molecule has 3 nitrogen and oxygen atoms in total. The van der Waals surface area contributed by atoms with Crippen LogP contribution in [0.15, 0.2) is 58.4 Å². The molecular weight excluding hydrogens is 360 g/mol. The molecule has 0 heterocycles. The number of Topliss-reactive ketones (excluding diaryl/α,β-unsaturated/α-hetero) is 1. The van der Waals surface area contributed by atoms with Gasteiger partial charge in [0, 0.05) is 6.08 Å². The summed E-state index contributed by atoms with van der Waals surface area (Å²) in [5.74, 6) is -0.568. The monoisotopic (exact) mass is 398 g/mol. The van der Waals surface area contributed by atoms with Crippen LogP contribution in [0.3, 0.4) is 0 Å². The van der Waals surface area contributed by atoms with Crippen LogP contribution >= 0.6 is 0 Å². The fraction of sp³-hybridized carbons (Fsp3) is 0.538. The quantitative estimate of drug-likeness (QED) is 0.315. The Kier molecular flexibility index (Phi) is 10.1. The number of allylic oxidation sites excluding steroid dienone is 10. The van der Waals surface area contributed by atoms with Gasteiger partial charge in [-0.25, -0.2) is 0 Å². The number of aliphatic hydroxyl groups excluding tert-OH is 1. The van der Waals surface area contributed by atoms with Gasteiger partial charge in [-0.15, -0.1) is 0 Å². The van der Waals surface area contributed by atoms with Crippen molar-refractivity contribution >= 4 is 11.6 Å². The van der Waals surface area contributed by atoms with Gasteiger partial charge in [0.25, 0.3) is 0 Å². The molecule has 0 fully saturated rings. The number of carbonyl (C=O) groups is 2. The Hall–Kier alpha value is -2.16. The van der Waals surface area contributed by atoms with Gasteiger partial charge in [-0.05, 0) is 80.1 Å². The lowest BCUT2D eigenvalue weighted by Crippen LogP contribution is -2.37. The van der Waals surface area contributed by atoms with E-state index in [4.69, 9.17) is 0 Å². The minimum absolute atomic E-state index is 0.0829. The number of hydrogen-bond acceptors (Lipinski definition) is 3. The smallest absolute Gasteiger partial charge is 0.166 e. The van der Waals surface area contributed by atoms with Gasteiger partial charge >= 0.3 is 0 Å². The lowest BCUT2D eigenvalue weighted by atomic mass is 9.70. The Labute approximate surface area is 177 Å². The first-order valence-electron chi connectivity index (χ1n) is 10.6. The van der Waals surface area contributed by atoms with Crippen LogP contribution in [0.4, 0.5) is 0 Å². The van der Waals surface area contributed by atoms with Crippen molar-refractivity contribution in [1.82, 2.24) is 0 Å². The van der Waals surface area contributed by atoms with Crippen LogP contribution in [-0.2, 0) is 9.59 Å². The highest BCUT2D eigenvalue weighted by molar-refractivity contribution is 6.10. The third-order valence-electron chi connectivity index (χ3n) is 5.44. The average Bonchev–Trinajstić information content (AvgIpc) is 2.60. The molecule has 0 radical (unpaired) electrons. The topological polar surface area (TPSA) is 54.4 Å². The minimum atomic E-state index is -1.01. The van der Waals surface area contributed by atoms with Crippen molar-refractivity contribution in [3.8, 4) is 0 Å². The van der Waals surface area contributed by atoms with Crippen LogP contribution in [0, 0.1) is 5.41 Å². The molecule has 0 bridgehead atoms. The predicted octanol–water partition coefficient (Wildman–Crippen LogP) is 7.12. The summed E-state index contributed by atoms with van der Waals surface area (Å²) >= 11 is 0. The van der Waals surface area contributed by atoms with Gasteiger partial charge in [0.15, 0.2) is 11.6 Å². The molecule has 0 aliphatic heterocycles. The third kappa shape index (κ3) is 8.39. The first-order chi connectivity index (χ1) is 13.6. The zero-order valence-electron chi connectivity index (χ0n) is 19.1. The maximum absolute atomic E-state index is 12.9. The van der Waals surface area contributed by atoms with Crippen molar-refractivity contribution in [1.29, 1.82) is 0 Å². The molecule has 0 unspecified atom stereocenters. The minimum Gasteiger partial charge on any atom is -0.511 e. The van der Waals surface area contributed by atoms with Crippen molar-refractivity contribution < 1.29 is 14.7 Å². The summed E-state index contributed by atoms with van der Waals surface area (Å²) in [5.41, 5.74) is 3.98.